The second-order valence-electron chi connectivity index (χ2n) is 13.7. The molecule has 46 heavy (non-hydrogen) atoms. The summed E-state index contributed by atoms with van der Waals surface area (Å²) in [6.07, 6.45) is 0.778. The van der Waals surface area contributed by atoms with Crippen LogP contribution >= 0.6 is 0 Å². The molecule has 10 heteroatoms. The molecule has 5 aliphatic rings. The third-order valence-corrected chi connectivity index (χ3v) is 11.4. The van der Waals surface area contributed by atoms with E-state index in [0.717, 1.165) is 55.3 Å². The number of Topliss-reactive ketones (excluding diaryl/α,β-unsaturated/α-hetero) is 1. The highest BCUT2D eigenvalue weighted by Crippen LogP contribution is 2.70. The summed E-state index contributed by atoms with van der Waals surface area (Å²) in [4.78, 5) is 28.0. The van der Waals surface area contributed by atoms with E-state index >= 15 is 4.39 Å². The zero-order valence-corrected chi connectivity index (χ0v) is 26.3. The quantitative estimate of drug-likeness (QED) is 0.119. The highest BCUT2D eigenvalue weighted by molar-refractivity contribution is 5.97. The Morgan fingerprint density at radius 1 is 1.13 bits per heavy atom. The SMILES string of the molecule is CC(=O)OCC(=O)[C@@]1(C#CC(F)(F)F)CC[C@H]2[C@@H]3CC(F)C4=CC(=NO)CCC4=C3[C@@H](c3ccc(N4CCCCC4)cc3)C[C@@]21C. The van der Waals surface area contributed by atoms with E-state index in [4.69, 9.17) is 4.74 Å². The number of esters is 1. The topological polar surface area (TPSA) is 79.2 Å². The van der Waals surface area contributed by atoms with Gasteiger partial charge in [0.25, 0.3) is 0 Å². The van der Waals surface area contributed by atoms with Crippen LogP contribution in [0.4, 0.5) is 23.2 Å². The number of anilines is 1. The van der Waals surface area contributed by atoms with Gasteiger partial charge in [0, 0.05) is 37.5 Å². The van der Waals surface area contributed by atoms with Crippen LogP contribution in [-0.4, -0.2) is 54.7 Å². The fourth-order valence-electron chi connectivity index (χ4n) is 9.32. The van der Waals surface area contributed by atoms with Crippen LogP contribution < -0.4 is 4.90 Å². The summed E-state index contributed by atoms with van der Waals surface area (Å²) in [6, 6.07) is 8.30. The lowest BCUT2D eigenvalue weighted by Gasteiger charge is -2.55. The van der Waals surface area contributed by atoms with Gasteiger partial charge in [-0.3, -0.25) is 9.59 Å². The van der Waals surface area contributed by atoms with Gasteiger partial charge in [0.1, 0.15) is 6.17 Å². The van der Waals surface area contributed by atoms with Gasteiger partial charge in [0.05, 0.1) is 11.1 Å². The molecule has 0 bridgehead atoms. The van der Waals surface area contributed by atoms with Crippen molar-refractivity contribution in [2.24, 2.45) is 27.8 Å². The van der Waals surface area contributed by atoms with Crippen LogP contribution in [0.5, 0.6) is 0 Å². The fraction of sp³-hybridized carbons (Fsp3) is 0.583. The maximum Gasteiger partial charge on any atom is 0.457 e. The van der Waals surface area contributed by atoms with Crippen molar-refractivity contribution >= 4 is 23.2 Å². The Morgan fingerprint density at radius 3 is 2.50 bits per heavy atom. The molecule has 1 aromatic rings. The molecule has 0 radical (unpaired) electrons. The van der Waals surface area contributed by atoms with Crippen molar-refractivity contribution in [3.8, 4) is 11.8 Å². The molecule has 1 N–H and O–H groups in total. The van der Waals surface area contributed by atoms with Crippen molar-refractivity contribution in [3.05, 3.63) is 52.6 Å². The Labute approximate surface area is 266 Å². The van der Waals surface area contributed by atoms with Crippen molar-refractivity contribution in [2.75, 3.05) is 24.6 Å². The van der Waals surface area contributed by atoms with E-state index in [9.17, 15) is 28.0 Å². The highest BCUT2D eigenvalue weighted by Gasteiger charge is 2.66. The van der Waals surface area contributed by atoms with Crippen LogP contribution in [0.25, 0.3) is 0 Å². The lowest BCUT2D eigenvalue weighted by molar-refractivity contribution is -0.150. The summed E-state index contributed by atoms with van der Waals surface area (Å²) < 4.78 is 62.1. The van der Waals surface area contributed by atoms with E-state index in [1.807, 2.05) is 6.92 Å². The number of hydrogen-bond donors (Lipinski definition) is 1. The van der Waals surface area contributed by atoms with E-state index < -0.39 is 41.5 Å². The zero-order chi connectivity index (χ0) is 32.9. The molecule has 0 amide bonds. The number of oxime groups is 1. The summed E-state index contributed by atoms with van der Waals surface area (Å²) in [5.41, 5.74) is 2.19. The second kappa shape index (κ2) is 12.2. The Balaban J connectivity index is 1.50. The number of carbonyl (C=O) groups is 2. The van der Waals surface area contributed by atoms with Gasteiger partial charge in [-0.1, -0.05) is 35.7 Å². The molecule has 1 aliphatic heterocycles. The number of nitrogens with zero attached hydrogens (tertiary/aromatic N) is 2. The molecule has 6 nitrogen and oxygen atoms in total. The summed E-state index contributed by atoms with van der Waals surface area (Å²) in [7, 11) is 0. The number of ketones is 1. The molecule has 246 valence electrons. The van der Waals surface area contributed by atoms with Crippen LogP contribution in [0.15, 0.2) is 52.2 Å². The molecular formula is C36H40F4N2O4. The predicted octanol–water partition coefficient (Wildman–Crippen LogP) is 7.47. The first kappa shape index (κ1) is 32.3. The third kappa shape index (κ3) is 5.64. The van der Waals surface area contributed by atoms with E-state index in [-0.39, 0.29) is 30.6 Å². The number of alkyl halides is 4. The van der Waals surface area contributed by atoms with Gasteiger partial charge in [-0.25, -0.2) is 4.39 Å². The van der Waals surface area contributed by atoms with Crippen molar-refractivity contribution in [2.45, 2.75) is 89.9 Å². The Morgan fingerprint density at radius 2 is 1.85 bits per heavy atom. The molecular weight excluding hydrogens is 600 g/mol. The Bertz CT molecular complexity index is 1550. The average Bonchev–Trinajstić information content (AvgIpc) is 3.35. The Hall–Kier alpha value is -3.61. The summed E-state index contributed by atoms with van der Waals surface area (Å²) in [5, 5.41) is 12.8. The molecule has 0 spiro atoms. The fourth-order valence-corrected chi connectivity index (χ4v) is 9.32. The third-order valence-electron chi connectivity index (χ3n) is 11.4. The minimum absolute atomic E-state index is 0.0675. The van der Waals surface area contributed by atoms with Crippen molar-refractivity contribution in [1.29, 1.82) is 0 Å². The van der Waals surface area contributed by atoms with Gasteiger partial charge in [-0.15, -0.1) is 0 Å². The van der Waals surface area contributed by atoms with Gasteiger partial charge >= 0.3 is 12.1 Å². The van der Waals surface area contributed by atoms with Crippen LogP contribution in [0.3, 0.4) is 0 Å². The van der Waals surface area contributed by atoms with Crippen LogP contribution in [0, 0.1) is 34.5 Å². The Kier molecular flexibility index (Phi) is 8.58. The minimum Gasteiger partial charge on any atom is -0.458 e. The highest BCUT2D eigenvalue weighted by atomic mass is 19.4. The first-order chi connectivity index (χ1) is 21.9. The summed E-state index contributed by atoms with van der Waals surface area (Å²) in [6.45, 7) is 4.28. The number of allylic oxidation sites excluding steroid dienone is 4. The average molecular weight is 641 g/mol. The molecule has 6 rings (SSSR count). The first-order valence-corrected chi connectivity index (χ1v) is 16.3. The summed E-state index contributed by atoms with van der Waals surface area (Å²) in [5.74, 6) is 1.55. The minimum atomic E-state index is -4.82. The largest absolute Gasteiger partial charge is 0.458 e. The molecule has 2 saturated carbocycles. The number of fused-ring (bicyclic) bond motifs is 4. The zero-order valence-electron chi connectivity index (χ0n) is 26.3. The van der Waals surface area contributed by atoms with E-state index in [1.54, 1.807) is 6.08 Å². The normalized spacial score (nSPS) is 33.3. The number of rotatable bonds is 5. The maximum absolute atomic E-state index is 16.1. The van der Waals surface area contributed by atoms with Crippen molar-refractivity contribution in [3.63, 3.8) is 0 Å². The first-order valence-electron chi connectivity index (χ1n) is 16.3. The van der Waals surface area contributed by atoms with E-state index in [2.05, 4.69) is 40.2 Å². The molecule has 1 heterocycles. The van der Waals surface area contributed by atoms with E-state index in [0.29, 0.717) is 37.0 Å². The van der Waals surface area contributed by atoms with Gasteiger partial charge in [-0.2, -0.15) is 13.2 Å². The molecule has 1 aromatic carbocycles. The molecule has 4 aliphatic carbocycles. The lowest BCUT2D eigenvalue weighted by atomic mass is 9.48. The molecule has 1 saturated heterocycles. The molecule has 3 fully saturated rings. The van der Waals surface area contributed by atoms with Gasteiger partial charge < -0.3 is 14.8 Å². The van der Waals surface area contributed by atoms with Crippen LogP contribution in [-0.2, 0) is 14.3 Å². The monoisotopic (exact) mass is 640 g/mol. The van der Waals surface area contributed by atoms with Gasteiger partial charge in [-0.05, 0) is 110 Å². The molecule has 1 unspecified atom stereocenters. The number of carbonyl (C=O) groups excluding carboxylic acids is 2. The van der Waals surface area contributed by atoms with Gasteiger partial charge in [0.15, 0.2) is 12.4 Å². The number of piperidine rings is 1. The van der Waals surface area contributed by atoms with Crippen LogP contribution in [0.2, 0.25) is 0 Å². The second-order valence-corrected chi connectivity index (χ2v) is 13.7. The molecule has 6 atom stereocenters. The number of ether oxygens (including phenoxy) is 1. The van der Waals surface area contributed by atoms with E-state index in [1.165, 1.54) is 12.3 Å². The predicted molar refractivity (Wildman–Crippen MR) is 165 cm³/mol. The van der Waals surface area contributed by atoms with Crippen LogP contribution in [0.1, 0.15) is 83.1 Å². The van der Waals surface area contributed by atoms with Crippen molar-refractivity contribution < 1.29 is 37.1 Å². The standard InChI is InChI=1S/C36H40F4N2O4/c1-22(43)46-21-32(44)35(14-15-36(38,39)40)13-12-30-28-19-31(37)27-18-24(41-45)8-11-26(27)33(28)29(20-34(30,35)2)23-6-9-25(10-7-23)42-16-4-3-5-17-42/h6-7,9-10,18,28-31,45H,3-5,8,11-13,16-17,19-21H2,1-2H3/t28-,29+,30-,31?,34-,35-/m0/s1. The number of benzene rings is 1. The van der Waals surface area contributed by atoms with Crippen molar-refractivity contribution in [1.82, 2.24) is 0 Å². The smallest absolute Gasteiger partial charge is 0.457 e. The molecule has 0 aromatic heterocycles. The lowest BCUT2D eigenvalue weighted by Crippen LogP contribution is -2.52. The summed E-state index contributed by atoms with van der Waals surface area (Å²) >= 11 is 0. The maximum atomic E-state index is 16.1. The van der Waals surface area contributed by atoms with Gasteiger partial charge in [0.2, 0.25) is 0 Å². The number of halogens is 4. The number of hydrogen-bond acceptors (Lipinski definition) is 6.